The maximum absolute atomic E-state index is 12.6. The third kappa shape index (κ3) is 37.7. The number of esters is 2. The minimum atomic E-state index is -0.0132. The van der Waals surface area contributed by atoms with Gasteiger partial charge in [-0.25, -0.2) is 0 Å². The van der Waals surface area contributed by atoms with Crippen molar-refractivity contribution in [3.63, 3.8) is 0 Å². The normalized spacial score (nSPS) is 11.4. The first-order valence-electron chi connectivity index (χ1n) is 21.7. The quantitative estimate of drug-likeness (QED) is 0.0516. The van der Waals surface area contributed by atoms with Crippen LogP contribution in [0.4, 0.5) is 0 Å². The van der Waals surface area contributed by atoms with Gasteiger partial charge in [0.2, 0.25) is 0 Å². The summed E-state index contributed by atoms with van der Waals surface area (Å²) in [6.07, 6.45) is 40.6. The number of nitrogens with one attached hydrogen (secondary N) is 1. The Hall–Kier alpha value is -1.10. The van der Waals surface area contributed by atoms with Crippen LogP contribution in [0.15, 0.2) is 0 Å². The van der Waals surface area contributed by atoms with E-state index in [1.54, 1.807) is 0 Å². The summed E-state index contributed by atoms with van der Waals surface area (Å²) in [6.45, 7) is 9.53. The van der Waals surface area contributed by atoms with Crippen LogP contribution in [0.3, 0.4) is 0 Å². The van der Waals surface area contributed by atoms with Crippen LogP contribution in [-0.4, -0.2) is 37.7 Å². The molecule has 0 aromatic carbocycles. The van der Waals surface area contributed by atoms with Gasteiger partial charge in [-0.05, 0) is 70.9 Å². The van der Waals surface area contributed by atoms with Crippen LogP contribution in [0, 0.1) is 0 Å². The standard InChI is InChI=1S/C43H85NO4/c1-4-7-10-13-16-17-18-26-33-40-47-42(45)36-29-23-25-32-39-44-38-31-24-19-22-30-37-43(46)48-41(34-27-20-14-11-8-5-2)35-28-21-15-12-9-6-3/h41,44H,4-40H2,1-3H3. The molecular weight excluding hydrogens is 594 g/mol. The van der Waals surface area contributed by atoms with Crippen molar-refractivity contribution in [3.8, 4) is 0 Å². The fourth-order valence-electron chi connectivity index (χ4n) is 6.53. The van der Waals surface area contributed by atoms with Gasteiger partial charge in [-0.1, -0.05) is 168 Å². The number of unbranched alkanes of at least 4 members (excludes halogenated alkanes) is 25. The number of rotatable bonds is 40. The Kier molecular flexibility index (Phi) is 39.4. The van der Waals surface area contributed by atoms with Crippen molar-refractivity contribution in [3.05, 3.63) is 0 Å². The third-order valence-corrected chi connectivity index (χ3v) is 9.79. The molecule has 0 aliphatic carbocycles. The van der Waals surface area contributed by atoms with Crippen molar-refractivity contribution in [1.29, 1.82) is 0 Å². The van der Waals surface area contributed by atoms with Gasteiger partial charge in [-0.2, -0.15) is 0 Å². The summed E-state index contributed by atoms with van der Waals surface area (Å²) in [7, 11) is 0. The second-order valence-corrected chi connectivity index (χ2v) is 14.7. The predicted octanol–water partition coefficient (Wildman–Crippen LogP) is 13.4. The van der Waals surface area contributed by atoms with Gasteiger partial charge in [0.25, 0.3) is 0 Å². The fraction of sp³-hybridized carbons (Fsp3) is 0.953. The second kappa shape index (κ2) is 40.3. The molecule has 1 N–H and O–H groups in total. The van der Waals surface area contributed by atoms with E-state index < -0.39 is 0 Å². The largest absolute Gasteiger partial charge is 0.466 e. The zero-order chi connectivity index (χ0) is 35.0. The summed E-state index contributed by atoms with van der Waals surface area (Å²) in [4.78, 5) is 24.5. The third-order valence-electron chi connectivity index (χ3n) is 9.79. The molecule has 0 aromatic rings. The Morgan fingerprint density at radius 1 is 0.417 bits per heavy atom. The van der Waals surface area contributed by atoms with Gasteiger partial charge < -0.3 is 14.8 Å². The zero-order valence-electron chi connectivity index (χ0n) is 32.9. The van der Waals surface area contributed by atoms with E-state index >= 15 is 0 Å². The highest BCUT2D eigenvalue weighted by molar-refractivity contribution is 5.69. The number of carbonyl (C=O) groups excluding carboxylic acids is 2. The van der Waals surface area contributed by atoms with Gasteiger partial charge >= 0.3 is 11.9 Å². The molecule has 0 radical (unpaired) electrons. The molecule has 0 fully saturated rings. The lowest BCUT2D eigenvalue weighted by Gasteiger charge is -2.18. The molecule has 48 heavy (non-hydrogen) atoms. The van der Waals surface area contributed by atoms with Crippen molar-refractivity contribution in [2.75, 3.05) is 19.7 Å². The highest BCUT2D eigenvalue weighted by Crippen LogP contribution is 2.18. The van der Waals surface area contributed by atoms with E-state index in [-0.39, 0.29) is 18.0 Å². The van der Waals surface area contributed by atoms with Gasteiger partial charge in [0.15, 0.2) is 0 Å². The van der Waals surface area contributed by atoms with Crippen molar-refractivity contribution in [2.45, 2.75) is 245 Å². The Balaban J connectivity index is 3.63. The van der Waals surface area contributed by atoms with Gasteiger partial charge in [0.05, 0.1) is 6.61 Å². The summed E-state index contributed by atoms with van der Waals surface area (Å²) in [5.74, 6) is 0.0189. The molecule has 0 bridgehead atoms. The average Bonchev–Trinajstić information content (AvgIpc) is 3.08. The average molecular weight is 680 g/mol. The molecule has 0 aromatic heterocycles. The molecular formula is C43H85NO4. The van der Waals surface area contributed by atoms with E-state index in [1.165, 1.54) is 161 Å². The topological polar surface area (TPSA) is 64.6 Å². The van der Waals surface area contributed by atoms with E-state index in [0.717, 1.165) is 58.0 Å². The van der Waals surface area contributed by atoms with E-state index in [1.807, 2.05) is 0 Å². The van der Waals surface area contributed by atoms with Crippen LogP contribution in [0.25, 0.3) is 0 Å². The Morgan fingerprint density at radius 3 is 1.23 bits per heavy atom. The van der Waals surface area contributed by atoms with E-state index in [0.29, 0.717) is 19.4 Å². The van der Waals surface area contributed by atoms with Crippen molar-refractivity contribution in [1.82, 2.24) is 5.32 Å². The van der Waals surface area contributed by atoms with Crippen LogP contribution in [0.2, 0.25) is 0 Å². The molecule has 0 aliphatic heterocycles. The second-order valence-electron chi connectivity index (χ2n) is 14.7. The molecule has 0 unspecified atom stereocenters. The van der Waals surface area contributed by atoms with Gasteiger partial charge in [0, 0.05) is 12.8 Å². The predicted molar refractivity (Wildman–Crippen MR) is 208 cm³/mol. The van der Waals surface area contributed by atoms with E-state index in [2.05, 4.69) is 26.1 Å². The minimum Gasteiger partial charge on any atom is -0.466 e. The maximum atomic E-state index is 12.6. The minimum absolute atomic E-state index is 0.0132. The number of hydrogen-bond acceptors (Lipinski definition) is 5. The summed E-state index contributed by atoms with van der Waals surface area (Å²) in [6, 6.07) is 0. The molecule has 0 heterocycles. The van der Waals surface area contributed by atoms with E-state index in [4.69, 9.17) is 9.47 Å². The molecule has 0 amide bonds. The van der Waals surface area contributed by atoms with Gasteiger partial charge in [-0.15, -0.1) is 0 Å². The van der Waals surface area contributed by atoms with Crippen molar-refractivity contribution in [2.24, 2.45) is 0 Å². The molecule has 0 spiro atoms. The molecule has 286 valence electrons. The molecule has 0 rings (SSSR count). The maximum Gasteiger partial charge on any atom is 0.306 e. The summed E-state index contributed by atoms with van der Waals surface area (Å²) < 4.78 is 11.4. The number of ether oxygens (including phenoxy) is 2. The summed E-state index contributed by atoms with van der Waals surface area (Å²) >= 11 is 0. The lowest BCUT2D eigenvalue weighted by Crippen LogP contribution is -2.18. The smallest absolute Gasteiger partial charge is 0.306 e. The molecule has 5 heteroatoms. The van der Waals surface area contributed by atoms with Crippen LogP contribution >= 0.6 is 0 Å². The Morgan fingerprint density at radius 2 is 0.771 bits per heavy atom. The molecule has 0 atom stereocenters. The lowest BCUT2D eigenvalue weighted by atomic mass is 10.0. The Labute approximate surface area is 300 Å². The lowest BCUT2D eigenvalue weighted by molar-refractivity contribution is -0.150. The fourth-order valence-corrected chi connectivity index (χ4v) is 6.53. The highest BCUT2D eigenvalue weighted by atomic mass is 16.5. The first-order valence-corrected chi connectivity index (χ1v) is 21.7. The first-order chi connectivity index (χ1) is 23.6. The monoisotopic (exact) mass is 680 g/mol. The molecule has 0 saturated heterocycles. The highest BCUT2D eigenvalue weighted by Gasteiger charge is 2.14. The summed E-state index contributed by atoms with van der Waals surface area (Å²) in [5.41, 5.74) is 0. The van der Waals surface area contributed by atoms with Gasteiger partial charge in [-0.3, -0.25) is 9.59 Å². The van der Waals surface area contributed by atoms with Gasteiger partial charge in [0.1, 0.15) is 6.10 Å². The summed E-state index contributed by atoms with van der Waals surface area (Å²) in [5, 5.41) is 3.57. The van der Waals surface area contributed by atoms with Crippen molar-refractivity contribution >= 4 is 11.9 Å². The van der Waals surface area contributed by atoms with Crippen LogP contribution in [0.5, 0.6) is 0 Å². The molecule has 5 nitrogen and oxygen atoms in total. The van der Waals surface area contributed by atoms with Crippen LogP contribution < -0.4 is 5.32 Å². The SMILES string of the molecule is CCCCCCCCCCCOC(=O)CCCCCCNCCCCCCCC(=O)OC(CCCCCCCC)CCCCCCCC. The Bertz CT molecular complexity index is 639. The number of carbonyl (C=O) groups is 2. The van der Waals surface area contributed by atoms with Crippen molar-refractivity contribution < 1.29 is 19.1 Å². The van der Waals surface area contributed by atoms with Crippen LogP contribution in [-0.2, 0) is 19.1 Å². The number of hydrogen-bond donors (Lipinski definition) is 1. The van der Waals surface area contributed by atoms with Crippen LogP contribution in [0.1, 0.15) is 239 Å². The van der Waals surface area contributed by atoms with E-state index in [9.17, 15) is 9.59 Å². The molecule has 0 saturated carbocycles. The zero-order valence-corrected chi connectivity index (χ0v) is 32.9. The molecule has 0 aliphatic rings. The first kappa shape index (κ1) is 46.9.